The summed E-state index contributed by atoms with van der Waals surface area (Å²) in [6.07, 6.45) is 0. The van der Waals surface area contributed by atoms with E-state index in [2.05, 4.69) is 57.6 Å². The molecular formula is C11H24N2Si. The van der Waals surface area contributed by atoms with Crippen LogP contribution in [0, 0.1) is 0 Å². The third kappa shape index (κ3) is 2.58. The normalized spacial score (nSPS) is 27.2. The van der Waals surface area contributed by atoms with Gasteiger partial charge in [0.25, 0.3) is 9.84 Å². The van der Waals surface area contributed by atoms with E-state index in [0.717, 1.165) is 9.84 Å². The molecule has 0 aliphatic carbocycles. The predicted molar refractivity (Wildman–Crippen MR) is 63.3 cm³/mol. The fourth-order valence-corrected chi connectivity index (χ4v) is 3.34. The van der Waals surface area contributed by atoms with E-state index in [-0.39, 0.29) is 0 Å². The van der Waals surface area contributed by atoms with Crippen molar-refractivity contribution in [1.29, 1.82) is 0 Å². The summed E-state index contributed by atoms with van der Waals surface area (Å²) >= 11 is 0. The molecule has 82 valence electrons. The lowest BCUT2D eigenvalue weighted by molar-refractivity contribution is 0.216. The van der Waals surface area contributed by atoms with Gasteiger partial charge in [0.2, 0.25) is 0 Å². The molecule has 1 saturated heterocycles. The Morgan fingerprint density at radius 1 is 1.00 bits per heavy atom. The molecule has 1 aliphatic rings. The third-order valence-corrected chi connectivity index (χ3v) is 5.07. The molecule has 0 aromatic carbocycles. The maximum atomic E-state index is 2.61. The van der Waals surface area contributed by atoms with Crippen molar-refractivity contribution in [3.05, 3.63) is 0 Å². The van der Waals surface area contributed by atoms with Gasteiger partial charge < -0.3 is 9.13 Å². The highest BCUT2D eigenvalue weighted by molar-refractivity contribution is 6.30. The monoisotopic (exact) mass is 212 g/mol. The van der Waals surface area contributed by atoms with Crippen LogP contribution in [0.1, 0.15) is 48.5 Å². The second-order valence-electron chi connectivity index (χ2n) is 6.27. The van der Waals surface area contributed by atoms with Crippen LogP contribution in [0.5, 0.6) is 0 Å². The van der Waals surface area contributed by atoms with E-state index in [4.69, 9.17) is 0 Å². The zero-order valence-electron chi connectivity index (χ0n) is 10.7. The molecule has 2 nitrogen and oxygen atoms in total. The standard InChI is InChI=1S/C11H24N2Si/c1-9-8-12(10(2,3)4)14-13(9)11(5,6)7/h9H,8H2,1-7H3. The number of nitrogens with zero attached hydrogens (tertiary/aromatic N) is 2. The van der Waals surface area contributed by atoms with Crippen LogP contribution in [-0.4, -0.2) is 42.6 Å². The van der Waals surface area contributed by atoms with E-state index in [9.17, 15) is 0 Å². The van der Waals surface area contributed by atoms with Crippen molar-refractivity contribution in [3.8, 4) is 0 Å². The lowest BCUT2D eigenvalue weighted by atomic mass is 10.1. The molecule has 0 amide bonds. The Bertz CT molecular complexity index is 202. The lowest BCUT2D eigenvalue weighted by Crippen LogP contribution is -2.48. The van der Waals surface area contributed by atoms with Crippen LogP contribution in [0.3, 0.4) is 0 Å². The van der Waals surface area contributed by atoms with Gasteiger partial charge in [0, 0.05) is 23.7 Å². The van der Waals surface area contributed by atoms with Crippen LogP contribution in [0.4, 0.5) is 0 Å². The molecule has 1 unspecified atom stereocenters. The van der Waals surface area contributed by atoms with Gasteiger partial charge in [-0.3, -0.25) is 0 Å². The van der Waals surface area contributed by atoms with Gasteiger partial charge >= 0.3 is 0 Å². The molecule has 1 atom stereocenters. The molecule has 1 fully saturated rings. The first-order valence-electron chi connectivity index (χ1n) is 5.45. The first kappa shape index (κ1) is 12.2. The van der Waals surface area contributed by atoms with Gasteiger partial charge in [-0.25, -0.2) is 0 Å². The summed E-state index contributed by atoms with van der Waals surface area (Å²) in [6, 6.07) is 0.688. The van der Waals surface area contributed by atoms with Gasteiger partial charge in [-0.1, -0.05) is 0 Å². The maximum absolute atomic E-state index is 2.61. The number of rotatable bonds is 0. The minimum absolute atomic E-state index is 0.303. The average Bonchev–Trinajstić information content (AvgIpc) is 2.27. The Morgan fingerprint density at radius 3 is 1.71 bits per heavy atom. The van der Waals surface area contributed by atoms with Crippen molar-refractivity contribution in [3.63, 3.8) is 0 Å². The van der Waals surface area contributed by atoms with Crippen molar-refractivity contribution in [2.45, 2.75) is 65.6 Å². The van der Waals surface area contributed by atoms with Crippen LogP contribution < -0.4 is 0 Å². The summed E-state index contributed by atoms with van der Waals surface area (Å²) in [5.74, 6) is 0. The van der Waals surface area contributed by atoms with Crippen LogP contribution in [0.2, 0.25) is 0 Å². The number of hydrogen-bond acceptors (Lipinski definition) is 2. The molecule has 0 spiro atoms. The molecule has 0 bridgehead atoms. The fourth-order valence-electron chi connectivity index (χ4n) is 1.85. The van der Waals surface area contributed by atoms with E-state index < -0.39 is 0 Å². The Kier molecular flexibility index (Phi) is 3.15. The smallest absolute Gasteiger partial charge is 0.252 e. The van der Waals surface area contributed by atoms with E-state index in [1.54, 1.807) is 0 Å². The fraction of sp³-hybridized carbons (Fsp3) is 1.00. The zero-order chi connectivity index (χ0) is 11.1. The quantitative estimate of drug-likeness (QED) is 0.568. The van der Waals surface area contributed by atoms with Crippen molar-refractivity contribution >= 4 is 9.84 Å². The molecule has 0 N–H and O–H groups in total. The maximum Gasteiger partial charge on any atom is 0.252 e. The Hall–Kier alpha value is 0.137. The van der Waals surface area contributed by atoms with Crippen LogP contribution in [0.15, 0.2) is 0 Å². The van der Waals surface area contributed by atoms with E-state index in [0.29, 0.717) is 17.1 Å². The molecule has 14 heavy (non-hydrogen) atoms. The van der Waals surface area contributed by atoms with E-state index in [1.807, 2.05) is 0 Å². The summed E-state index contributed by atoms with van der Waals surface area (Å²) < 4.78 is 5.20. The summed E-state index contributed by atoms with van der Waals surface area (Å²) in [5, 5.41) is 0. The second-order valence-corrected chi connectivity index (χ2v) is 7.49. The van der Waals surface area contributed by atoms with Crippen molar-refractivity contribution < 1.29 is 0 Å². The van der Waals surface area contributed by atoms with Gasteiger partial charge in [-0.05, 0) is 48.5 Å². The van der Waals surface area contributed by atoms with E-state index in [1.165, 1.54) is 6.54 Å². The Balaban J connectivity index is 2.70. The minimum atomic E-state index is 0.303. The van der Waals surface area contributed by atoms with Gasteiger partial charge in [-0.15, -0.1) is 0 Å². The molecule has 1 heterocycles. The Labute approximate surface area is 91.6 Å². The zero-order valence-corrected chi connectivity index (χ0v) is 11.7. The number of hydrogen-bond donors (Lipinski definition) is 0. The highest BCUT2D eigenvalue weighted by Crippen LogP contribution is 2.26. The second kappa shape index (κ2) is 3.61. The highest BCUT2D eigenvalue weighted by atomic mass is 28.2. The summed E-state index contributed by atoms with van der Waals surface area (Å²) in [7, 11) is 0.841. The summed E-state index contributed by atoms with van der Waals surface area (Å²) in [5.41, 5.74) is 0.616. The van der Waals surface area contributed by atoms with Crippen molar-refractivity contribution in [2.75, 3.05) is 6.54 Å². The van der Waals surface area contributed by atoms with Crippen LogP contribution >= 0.6 is 0 Å². The molecule has 1 aliphatic heterocycles. The molecule has 1 rings (SSSR count). The largest absolute Gasteiger partial charge is 0.306 e. The Morgan fingerprint density at radius 2 is 1.50 bits per heavy atom. The lowest BCUT2D eigenvalue weighted by Gasteiger charge is -2.35. The topological polar surface area (TPSA) is 6.48 Å². The van der Waals surface area contributed by atoms with Gasteiger partial charge in [0.05, 0.1) is 0 Å². The average molecular weight is 212 g/mol. The minimum Gasteiger partial charge on any atom is -0.306 e. The summed E-state index contributed by atoms with van der Waals surface area (Å²) in [6.45, 7) is 17.4. The van der Waals surface area contributed by atoms with Gasteiger partial charge in [0.1, 0.15) is 0 Å². The summed E-state index contributed by atoms with van der Waals surface area (Å²) in [4.78, 5) is 0. The molecule has 0 aromatic rings. The SMILES string of the molecule is CC1CN(C(C)(C)C)[Si]N1C(C)(C)C. The molecule has 0 saturated carbocycles. The molecule has 3 heteroatoms. The molecule has 0 aromatic heterocycles. The van der Waals surface area contributed by atoms with E-state index >= 15 is 0 Å². The van der Waals surface area contributed by atoms with Gasteiger partial charge in [-0.2, -0.15) is 0 Å². The van der Waals surface area contributed by atoms with Crippen molar-refractivity contribution in [1.82, 2.24) is 9.13 Å². The third-order valence-electron chi connectivity index (χ3n) is 2.65. The molecular weight excluding hydrogens is 188 g/mol. The first-order valence-corrected chi connectivity index (χ1v) is 6.35. The van der Waals surface area contributed by atoms with Crippen molar-refractivity contribution in [2.24, 2.45) is 0 Å². The van der Waals surface area contributed by atoms with Crippen LogP contribution in [0.25, 0.3) is 0 Å². The molecule has 2 radical (unpaired) electrons. The predicted octanol–water partition coefficient (Wildman–Crippen LogP) is 2.12. The van der Waals surface area contributed by atoms with Crippen LogP contribution in [-0.2, 0) is 0 Å². The first-order chi connectivity index (χ1) is 6.12. The van der Waals surface area contributed by atoms with Gasteiger partial charge in [0.15, 0.2) is 0 Å². The highest BCUT2D eigenvalue weighted by Gasteiger charge is 2.39.